The molecule has 0 rings (SSSR count). The van der Waals surface area contributed by atoms with Crippen molar-refractivity contribution in [3.63, 3.8) is 0 Å². The van der Waals surface area contributed by atoms with Crippen LogP contribution in [0.2, 0.25) is 0 Å². The molecule has 0 aliphatic rings. The van der Waals surface area contributed by atoms with Crippen LogP contribution in [-0.4, -0.2) is 12.7 Å². The SMILES string of the molecule is CCCCC(CCCC)C(C)(CCCC)OC. The van der Waals surface area contributed by atoms with Gasteiger partial charge in [0.25, 0.3) is 0 Å². The van der Waals surface area contributed by atoms with Crippen molar-refractivity contribution in [3.05, 3.63) is 0 Å². The van der Waals surface area contributed by atoms with Gasteiger partial charge < -0.3 is 4.74 Å². The van der Waals surface area contributed by atoms with E-state index in [0.717, 1.165) is 5.92 Å². The third kappa shape index (κ3) is 6.45. The molecular formula is C16H34O. The van der Waals surface area contributed by atoms with Crippen molar-refractivity contribution in [2.45, 2.75) is 91.1 Å². The highest BCUT2D eigenvalue weighted by Crippen LogP contribution is 2.34. The van der Waals surface area contributed by atoms with Gasteiger partial charge in [0.2, 0.25) is 0 Å². The van der Waals surface area contributed by atoms with Crippen LogP contribution in [0, 0.1) is 5.92 Å². The van der Waals surface area contributed by atoms with E-state index in [2.05, 4.69) is 27.7 Å². The molecule has 0 heterocycles. The van der Waals surface area contributed by atoms with Gasteiger partial charge in [0.05, 0.1) is 5.60 Å². The lowest BCUT2D eigenvalue weighted by atomic mass is 9.78. The maximum Gasteiger partial charge on any atom is 0.0678 e. The first-order valence-corrected chi connectivity index (χ1v) is 7.69. The molecule has 0 amide bonds. The molecule has 104 valence electrons. The second-order valence-corrected chi connectivity index (χ2v) is 5.60. The fourth-order valence-electron chi connectivity index (χ4n) is 2.66. The van der Waals surface area contributed by atoms with E-state index in [4.69, 9.17) is 4.74 Å². The van der Waals surface area contributed by atoms with Gasteiger partial charge in [-0.05, 0) is 32.1 Å². The molecule has 0 radical (unpaired) electrons. The summed E-state index contributed by atoms with van der Waals surface area (Å²) in [6.07, 6.45) is 11.8. The van der Waals surface area contributed by atoms with Crippen molar-refractivity contribution in [2.75, 3.05) is 7.11 Å². The summed E-state index contributed by atoms with van der Waals surface area (Å²) in [5.74, 6) is 0.749. The van der Waals surface area contributed by atoms with Crippen molar-refractivity contribution < 1.29 is 4.74 Å². The first-order valence-electron chi connectivity index (χ1n) is 7.69. The number of unbranched alkanes of at least 4 members (excludes halogenated alkanes) is 3. The summed E-state index contributed by atoms with van der Waals surface area (Å²) in [5.41, 5.74) is 0.111. The first-order chi connectivity index (χ1) is 8.14. The summed E-state index contributed by atoms with van der Waals surface area (Å²) in [6.45, 7) is 9.17. The number of hydrogen-bond donors (Lipinski definition) is 0. The molecule has 17 heavy (non-hydrogen) atoms. The minimum absolute atomic E-state index is 0.111. The van der Waals surface area contributed by atoms with Crippen LogP contribution >= 0.6 is 0 Å². The van der Waals surface area contributed by atoms with Crippen LogP contribution in [0.25, 0.3) is 0 Å². The van der Waals surface area contributed by atoms with Crippen molar-refractivity contribution in [2.24, 2.45) is 5.92 Å². The van der Waals surface area contributed by atoms with Crippen molar-refractivity contribution in [3.8, 4) is 0 Å². The molecule has 0 spiro atoms. The van der Waals surface area contributed by atoms with Gasteiger partial charge in [-0.25, -0.2) is 0 Å². The molecule has 0 aromatic carbocycles. The summed E-state index contributed by atoms with van der Waals surface area (Å²) < 4.78 is 5.90. The van der Waals surface area contributed by atoms with Gasteiger partial charge in [-0.2, -0.15) is 0 Å². The normalized spacial score (nSPS) is 15.2. The second-order valence-electron chi connectivity index (χ2n) is 5.60. The number of rotatable bonds is 11. The third-order valence-electron chi connectivity index (χ3n) is 4.17. The Labute approximate surface area is 109 Å². The number of hydrogen-bond acceptors (Lipinski definition) is 1. The van der Waals surface area contributed by atoms with Gasteiger partial charge in [-0.3, -0.25) is 0 Å². The smallest absolute Gasteiger partial charge is 0.0678 e. The summed E-state index contributed by atoms with van der Waals surface area (Å²) in [6, 6.07) is 0. The molecule has 0 saturated heterocycles. The molecular weight excluding hydrogens is 208 g/mol. The van der Waals surface area contributed by atoms with Crippen molar-refractivity contribution in [1.82, 2.24) is 0 Å². The summed E-state index contributed by atoms with van der Waals surface area (Å²) in [4.78, 5) is 0. The molecule has 0 aromatic rings. The molecule has 1 atom stereocenters. The molecule has 1 heteroatoms. The Kier molecular flexibility index (Phi) is 9.91. The first kappa shape index (κ1) is 17.0. The summed E-state index contributed by atoms with van der Waals surface area (Å²) in [5, 5.41) is 0. The monoisotopic (exact) mass is 242 g/mol. The van der Waals surface area contributed by atoms with Crippen LogP contribution in [0.15, 0.2) is 0 Å². The van der Waals surface area contributed by atoms with Crippen molar-refractivity contribution in [1.29, 1.82) is 0 Å². The fraction of sp³-hybridized carbons (Fsp3) is 1.00. The third-order valence-corrected chi connectivity index (χ3v) is 4.17. The highest BCUT2D eigenvalue weighted by molar-refractivity contribution is 4.83. The Balaban J connectivity index is 4.44. The average Bonchev–Trinajstić information content (AvgIpc) is 2.36. The predicted octanol–water partition coefficient (Wildman–Crippen LogP) is 5.58. The van der Waals surface area contributed by atoms with E-state index >= 15 is 0 Å². The zero-order chi connectivity index (χ0) is 13.1. The molecule has 0 saturated carbocycles. The van der Waals surface area contributed by atoms with Crippen LogP contribution in [-0.2, 0) is 4.74 Å². The molecule has 0 N–H and O–H groups in total. The average molecular weight is 242 g/mol. The molecule has 0 aliphatic carbocycles. The van der Waals surface area contributed by atoms with Crippen LogP contribution in [0.1, 0.15) is 85.5 Å². The lowest BCUT2D eigenvalue weighted by Crippen LogP contribution is -2.37. The van der Waals surface area contributed by atoms with E-state index in [1.165, 1.54) is 57.8 Å². The molecule has 0 fully saturated rings. The number of methoxy groups -OCH3 is 1. The quantitative estimate of drug-likeness (QED) is 0.459. The second kappa shape index (κ2) is 9.94. The van der Waals surface area contributed by atoms with E-state index in [9.17, 15) is 0 Å². The molecule has 0 bridgehead atoms. The largest absolute Gasteiger partial charge is 0.378 e. The summed E-state index contributed by atoms with van der Waals surface area (Å²) >= 11 is 0. The van der Waals surface area contributed by atoms with Crippen LogP contribution in [0.4, 0.5) is 0 Å². The highest BCUT2D eigenvalue weighted by atomic mass is 16.5. The zero-order valence-corrected chi connectivity index (χ0v) is 12.8. The minimum atomic E-state index is 0.111. The van der Waals surface area contributed by atoms with Gasteiger partial charge in [-0.1, -0.05) is 59.3 Å². The van der Waals surface area contributed by atoms with E-state index in [-0.39, 0.29) is 5.60 Å². The topological polar surface area (TPSA) is 9.23 Å². The van der Waals surface area contributed by atoms with Crippen LogP contribution in [0.5, 0.6) is 0 Å². The summed E-state index contributed by atoms with van der Waals surface area (Å²) in [7, 11) is 1.90. The van der Waals surface area contributed by atoms with Crippen molar-refractivity contribution >= 4 is 0 Å². The molecule has 0 aliphatic heterocycles. The lowest BCUT2D eigenvalue weighted by Gasteiger charge is -2.37. The van der Waals surface area contributed by atoms with Gasteiger partial charge in [-0.15, -0.1) is 0 Å². The maximum absolute atomic E-state index is 5.90. The number of ether oxygens (including phenoxy) is 1. The molecule has 1 nitrogen and oxygen atoms in total. The minimum Gasteiger partial charge on any atom is -0.378 e. The van der Waals surface area contributed by atoms with Gasteiger partial charge >= 0.3 is 0 Å². The molecule has 1 unspecified atom stereocenters. The zero-order valence-electron chi connectivity index (χ0n) is 12.8. The Morgan fingerprint density at radius 2 is 1.35 bits per heavy atom. The van der Waals surface area contributed by atoms with E-state index in [0.29, 0.717) is 0 Å². The van der Waals surface area contributed by atoms with Crippen LogP contribution in [0.3, 0.4) is 0 Å². The molecule has 0 aromatic heterocycles. The van der Waals surface area contributed by atoms with E-state index in [1.54, 1.807) is 0 Å². The lowest BCUT2D eigenvalue weighted by molar-refractivity contribution is -0.0579. The Morgan fingerprint density at radius 1 is 0.882 bits per heavy atom. The van der Waals surface area contributed by atoms with E-state index < -0.39 is 0 Å². The van der Waals surface area contributed by atoms with Crippen LogP contribution < -0.4 is 0 Å². The van der Waals surface area contributed by atoms with Gasteiger partial charge in [0.1, 0.15) is 0 Å². The maximum atomic E-state index is 5.90. The van der Waals surface area contributed by atoms with Gasteiger partial charge in [0.15, 0.2) is 0 Å². The standard InChI is InChI=1S/C16H34O/c1-6-9-12-15(13-10-7-2)16(4,17-5)14-11-8-3/h15H,6-14H2,1-5H3. The fourth-order valence-corrected chi connectivity index (χ4v) is 2.66. The predicted molar refractivity (Wildman–Crippen MR) is 77.5 cm³/mol. The Morgan fingerprint density at radius 3 is 1.71 bits per heavy atom. The Hall–Kier alpha value is -0.0400. The highest BCUT2D eigenvalue weighted by Gasteiger charge is 2.32. The van der Waals surface area contributed by atoms with Gasteiger partial charge in [0, 0.05) is 7.11 Å². The van der Waals surface area contributed by atoms with E-state index in [1.807, 2.05) is 7.11 Å². The Bertz CT molecular complexity index is 159.